The summed E-state index contributed by atoms with van der Waals surface area (Å²) in [5.41, 5.74) is 9.16. The Labute approximate surface area is 271 Å². The van der Waals surface area contributed by atoms with Crippen molar-refractivity contribution in [3.8, 4) is 33.4 Å². The predicted octanol–water partition coefficient (Wildman–Crippen LogP) is 13.2. The van der Waals surface area contributed by atoms with Gasteiger partial charge in [0.25, 0.3) is 0 Å². The molecule has 0 amide bonds. The minimum absolute atomic E-state index is 0.902. The third-order valence-corrected chi connectivity index (χ3v) is 9.86. The van der Waals surface area contributed by atoms with Gasteiger partial charge in [-0.1, -0.05) is 152 Å². The van der Waals surface area contributed by atoms with E-state index in [0.29, 0.717) is 0 Å². The predicted molar refractivity (Wildman–Crippen MR) is 200 cm³/mol. The van der Waals surface area contributed by atoms with Gasteiger partial charge in [0.05, 0.1) is 0 Å². The second kappa shape index (κ2) is 10.2. The topological polar surface area (TPSA) is 13.1 Å². The van der Waals surface area contributed by atoms with E-state index in [-0.39, 0.29) is 0 Å². The summed E-state index contributed by atoms with van der Waals surface area (Å²) in [4.78, 5) is 0. The number of furan rings is 1. The highest BCUT2D eigenvalue weighted by Gasteiger charge is 2.22. The summed E-state index contributed by atoms with van der Waals surface area (Å²) in [7, 11) is 0. The Balaban J connectivity index is 1.40. The third-order valence-electron chi connectivity index (χ3n) is 9.86. The van der Waals surface area contributed by atoms with Crippen LogP contribution in [0.15, 0.2) is 174 Å². The molecule has 218 valence electrons. The van der Waals surface area contributed by atoms with Crippen LogP contribution >= 0.6 is 0 Å². The number of rotatable bonds is 3. The summed E-state index contributed by atoms with van der Waals surface area (Å²) < 4.78 is 6.51. The van der Waals surface area contributed by atoms with Gasteiger partial charge in [-0.15, -0.1) is 0 Å². The van der Waals surface area contributed by atoms with Crippen LogP contribution in [0.25, 0.3) is 98.4 Å². The fraction of sp³-hybridized carbons (Fsp3) is 0. The van der Waals surface area contributed by atoms with Crippen LogP contribution in [0, 0.1) is 0 Å². The zero-order valence-corrected chi connectivity index (χ0v) is 25.6. The van der Waals surface area contributed by atoms with E-state index in [9.17, 15) is 0 Å². The van der Waals surface area contributed by atoms with E-state index in [1.54, 1.807) is 0 Å². The average molecular weight is 597 g/mol. The first-order valence-corrected chi connectivity index (χ1v) is 16.2. The number of para-hydroxylation sites is 1. The Bertz CT molecular complexity index is 2780. The summed E-state index contributed by atoms with van der Waals surface area (Å²) in [6.45, 7) is 0. The molecule has 1 heteroatoms. The van der Waals surface area contributed by atoms with E-state index in [4.69, 9.17) is 4.42 Å². The van der Waals surface area contributed by atoms with E-state index in [2.05, 4.69) is 164 Å². The normalized spacial score (nSPS) is 11.8. The minimum Gasteiger partial charge on any atom is -0.456 e. The van der Waals surface area contributed by atoms with E-state index in [0.717, 1.165) is 21.9 Å². The summed E-state index contributed by atoms with van der Waals surface area (Å²) in [6, 6.07) is 61.6. The molecule has 10 aromatic rings. The van der Waals surface area contributed by atoms with Gasteiger partial charge >= 0.3 is 0 Å². The van der Waals surface area contributed by atoms with Crippen LogP contribution in [-0.4, -0.2) is 0 Å². The first-order valence-electron chi connectivity index (χ1n) is 16.2. The molecular weight excluding hydrogens is 569 g/mol. The Morgan fingerprint density at radius 1 is 0.255 bits per heavy atom. The highest BCUT2D eigenvalue weighted by atomic mass is 16.3. The molecule has 0 spiro atoms. The second-order valence-corrected chi connectivity index (χ2v) is 12.4. The van der Waals surface area contributed by atoms with E-state index in [1.165, 1.54) is 76.5 Å². The summed E-state index contributed by atoms with van der Waals surface area (Å²) >= 11 is 0. The van der Waals surface area contributed by atoms with Crippen molar-refractivity contribution in [2.75, 3.05) is 0 Å². The van der Waals surface area contributed by atoms with Gasteiger partial charge in [-0.3, -0.25) is 0 Å². The fourth-order valence-electron chi connectivity index (χ4n) is 7.81. The molecule has 0 atom stereocenters. The van der Waals surface area contributed by atoms with Crippen molar-refractivity contribution >= 4 is 65.0 Å². The molecule has 1 nitrogen and oxygen atoms in total. The van der Waals surface area contributed by atoms with Crippen molar-refractivity contribution in [1.82, 2.24) is 0 Å². The van der Waals surface area contributed by atoms with Crippen molar-refractivity contribution in [3.63, 3.8) is 0 Å². The van der Waals surface area contributed by atoms with Gasteiger partial charge in [-0.2, -0.15) is 0 Å². The Hall–Kier alpha value is -6.18. The monoisotopic (exact) mass is 596 g/mol. The maximum Gasteiger partial charge on any atom is 0.136 e. The summed E-state index contributed by atoms with van der Waals surface area (Å²) in [6.07, 6.45) is 0. The fourth-order valence-corrected chi connectivity index (χ4v) is 7.81. The third kappa shape index (κ3) is 3.90. The van der Waals surface area contributed by atoms with Crippen LogP contribution in [-0.2, 0) is 0 Å². The Morgan fingerprint density at radius 3 is 1.32 bits per heavy atom. The molecule has 1 heterocycles. The zero-order chi connectivity index (χ0) is 30.9. The van der Waals surface area contributed by atoms with Crippen LogP contribution < -0.4 is 0 Å². The largest absolute Gasteiger partial charge is 0.456 e. The van der Waals surface area contributed by atoms with Crippen molar-refractivity contribution in [1.29, 1.82) is 0 Å². The lowest BCUT2D eigenvalue weighted by Crippen LogP contribution is -1.94. The van der Waals surface area contributed by atoms with Crippen molar-refractivity contribution in [3.05, 3.63) is 170 Å². The van der Waals surface area contributed by atoms with Crippen LogP contribution in [0.3, 0.4) is 0 Å². The average Bonchev–Trinajstić information content (AvgIpc) is 3.50. The van der Waals surface area contributed by atoms with Gasteiger partial charge in [0, 0.05) is 10.8 Å². The lowest BCUT2D eigenvalue weighted by Gasteiger charge is -2.21. The smallest absolute Gasteiger partial charge is 0.136 e. The van der Waals surface area contributed by atoms with Gasteiger partial charge in [0.15, 0.2) is 0 Å². The number of fused-ring (bicyclic) bond motifs is 7. The second-order valence-electron chi connectivity index (χ2n) is 12.4. The molecule has 0 bridgehead atoms. The van der Waals surface area contributed by atoms with Gasteiger partial charge in [-0.05, 0) is 94.7 Å². The molecule has 0 N–H and O–H groups in total. The lowest BCUT2D eigenvalue weighted by molar-refractivity contribution is 0.669. The molecule has 0 fully saturated rings. The number of hydrogen-bond donors (Lipinski definition) is 0. The standard InChI is InChI=1S/C46H28O/c1-3-17-31-29(13-1)15-11-24-33(31)40-28-44-41(34-19-9-10-26-43(34)47-44)27-42(40)46-38-22-7-5-20-36(38)45(37-21-6-8-23-39(37)46)35-25-12-16-30-14-2-4-18-32(30)35/h1-28H. The van der Waals surface area contributed by atoms with Gasteiger partial charge in [-0.25, -0.2) is 0 Å². The van der Waals surface area contributed by atoms with E-state index in [1.807, 2.05) is 6.07 Å². The SMILES string of the molecule is c1ccc2c(-c3cc4oc5ccccc5c4cc3-c3c4ccccc4c(-c4cccc5ccccc45)c4ccccc34)cccc2c1. The highest BCUT2D eigenvalue weighted by molar-refractivity contribution is 6.25. The van der Waals surface area contributed by atoms with E-state index < -0.39 is 0 Å². The maximum absolute atomic E-state index is 6.51. The molecule has 0 unspecified atom stereocenters. The lowest BCUT2D eigenvalue weighted by atomic mass is 9.82. The zero-order valence-electron chi connectivity index (χ0n) is 25.6. The molecule has 0 radical (unpaired) electrons. The van der Waals surface area contributed by atoms with Crippen molar-refractivity contribution in [2.45, 2.75) is 0 Å². The van der Waals surface area contributed by atoms with Gasteiger partial charge in [0.2, 0.25) is 0 Å². The van der Waals surface area contributed by atoms with Crippen molar-refractivity contribution < 1.29 is 4.42 Å². The van der Waals surface area contributed by atoms with Crippen LogP contribution in [0.1, 0.15) is 0 Å². The molecule has 10 rings (SSSR count). The summed E-state index contributed by atoms with van der Waals surface area (Å²) in [5.74, 6) is 0. The van der Waals surface area contributed by atoms with E-state index >= 15 is 0 Å². The molecule has 1 aromatic heterocycles. The minimum atomic E-state index is 0.902. The highest BCUT2D eigenvalue weighted by Crippen LogP contribution is 2.49. The van der Waals surface area contributed by atoms with Crippen LogP contribution in [0.4, 0.5) is 0 Å². The molecule has 47 heavy (non-hydrogen) atoms. The summed E-state index contributed by atoms with van der Waals surface area (Å²) in [5, 5.41) is 12.2. The molecule has 0 aliphatic rings. The Kier molecular flexibility index (Phi) is 5.64. The quantitative estimate of drug-likeness (QED) is 0.185. The van der Waals surface area contributed by atoms with Gasteiger partial charge in [0.1, 0.15) is 11.2 Å². The first kappa shape index (κ1) is 26.1. The molecular formula is C46H28O. The molecule has 0 aliphatic heterocycles. The van der Waals surface area contributed by atoms with Crippen LogP contribution in [0.5, 0.6) is 0 Å². The number of benzene rings is 9. The molecule has 0 aliphatic carbocycles. The van der Waals surface area contributed by atoms with Crippen molar-refractivity contribution in [2.24, 2.45) is 0 Å². The first-order chi connectivity index (χ1) is 23.3. The molecule has 0 saturated carbocycles. The Morgan fingerprint density at radius 2 is 0.702 bits per heavy atom. The van der Waals surface area contributed by atoms with Gasteiger partial charge < -0.3 is 4.42 Å². The molecule has 9 aromatic carbocycles. The molecule has 0 saturated heterocycles. The maximum atomic E-state index is 6.51. The van der Waals surface area contributed by atoms with Crippen LogP contribution in [0.2, 0.25) is 0 Å². The number of hydrogen-bond acceptors (Lipinski definition) is 1.